The number of halogens is 1. The highest BCUT2D eigenvalue weighted by Crippen LogP contribution is 2.19. The second kappa shape index (κ2) is 9.46. The van der Waals surface area contributed by atoms with E-state index in [2.05, 4.69) is 10.6 Å². The summed E-state index contributed by atoms with van der Waals surface area (Å²) in [6.45, 7) is 3.49. The Morgan fingerprint density at radius 3 is 2.57 bits per heavy atom. The third kappa shape index (κ3) is 5.63. The number of piperidine rings is 1. The first kappa shape index (κ1) is 20.0. The van der Waals surface area contributed by atoms with Gasteiger partial charge in [0.1, 0.15) is 5.82 Å². The van der Waals surface area contributed by atoms with Crippen LogP contribution in [0.3, 0.4) is 0 Å². The SMILES string of the molecule is C[C@H](NC(=O)CN1CCC[C@@H](C(=O)Nc2ccccc2)C1)c1ccc(F)cc1. The number of hydrogen-bond acceptors (Lipinski definition) is 3. The summed E-state index contributed by atoms with van der Waals surface area (Å²) in [5.41, 5.74) is 1.64. The minimum Gasteiger partial charge on any atom is -0.348 e. The summed E-state index contributed by atoms with van der Waals surface area (Å²) >= 11 is 0. The quantitative estimate of drug-likeness (QED) is 0.804. The first-order valence-corrected chi connectivity index (χ1v) is 9.64. The van der Waals surface area contributed by atoms with Crippen LogP contribution in [0.5, 0.6) is 0 Å². The Balaban J connectivity index is 1.49. The first-order valence-electron chi connectivity index (χ1n) is 9.64. The number of amides is 2. The molecule has 0 radical (unpaired) electrons. The lowest BCUT2D eigenvalue weighted by atomic mass is 9.97. The lowest BCUT2D eigenvalue weighted by Gasteiger charge is -2.31. The van der Waals surface area contributed by atoms with E-state index >= 15 is 0 Å². The van der Waals surface area contributed by atoms with Crippen LogP contribution in [-0.2, 0) is 9.59 Å². The highest BCUT2D eigenvalue weighted by Gasteiger charge is 2.27. The van der Waals surface area contributed by atoms with Crippen molar-refractivity contribution in [3.8, 4) is 0 Å². The number of carbonyl (C=O) groups is 2. The van der Waals surface area contributed by atoms with Gasteiger partial charge in [-0.2, -0.15) is 0 Å². The fourth-order valence-corrected chi connectivity index (χ4v) is 3.50. The van der Waals surface area contributed by atoms with Crippen molar-refractivity contribution in [2.24, 2.45) is 5.92 Å². The van der Waals surface area contributed by atoms with Gasteiger partial charge in [-0.25, -0.2) is 4.39 Å². The van der Waals surface area contributed by atoms with E-state index < -0.39 is 0 Å². The summed E-state index contributed by atoms with van der Waals surface area (Å²) < 4.78 is 13.0. The van der Waals surface area contributed by atoms with Crippen molar-refractivity contribution >= 4 is 17.5 Å². The zero-order chi connectivity index (χ0) is 19.9. The summed E-state index contributed by atoms with van der Waals surface area (Å²) in [4.78, 5) is 26.9. The summed E-state index contributed by atoms with van der Waals surface area (Å²) in [5.74, 6) is -0.524. The van der Waals surface area contributed by atoms with Crippen molar-refractivity contribution in [3.05, 3.63) is 66.0 Å². The molecule has 0 unspecified atom stereocenters. The number of hydrogen-bond donors (Lipinski definition) is 2. The second-order valence-corrected chi connectivity index (χ2v) is 7.27. The molecule has 2 N–H and O–H groups in total. The highest BCUT2D eigenvalue weighted by molar-refractivity contribution is 5.92. The number of nitrogens with zero attached hydrogens (tertiary/aromatic N) is 1. The Hall–Kier alpha value is -2.73. The number of nitrogens with one attached hydrogen (secondary N) is 2. The van der Waals surface area contributed by atoms with E-state index in [1.165, 1.54) is 12.1 Å². The van der Waals surface area contributed by atoms with Gasteiger partial charge in [0.05, 0.1) is 18.5 Å². The van der Waals surface area contributed by atoms with E-state index in [4.69, 9.17) is 0 Å². The van der Waals surface area contributed by atoms with Crippen molar-refractivity contribution in [1.82, 2.24) is 10.2 Å². The lowest BCUT2D eigenvalue weighted by molar-refractivity contribution is -0.126. The topological polar surface area (TPSA) is 61.4 Å². The molecule has 2 aromatic carbocycles. The number of benzene rings is 2. The molecule has 1 heterocycles. The molecule has 2 aromatic rings. The Morgan fingerprint density at radius 2 is 1.86 bits per heavy atom. The molecule has 1 aliphatic heterocycles. The maximum Gasteiger partial charge on any atom is 0.234 e. The van der Waals surface area contributed by atoms with Gasteiger partial charge in [0, 0.05) is 12.2 Å². The number of anilines is 1. The summed E-state index contributed by atoms with van der Waals surface area (Å²) in [6, 6.07) is 15.3. The number of rotatable bonds is 6. The number of para-hydroxylation sites is 1. The van der Waals surface area contributed by atoms with Crippen LogP contribution in [0.4, 0.5) is 10.1 Å². The normalized spacial score (nSPS) is 18.3. The van der Waals surface area contributed by atoms with E-state index in [1.807, 2.05) is 42.2 Å². The van der Waals surface area contributed by atoms with Crippen LogP contribution in [0.2, 0.25) is 0 Å². The molecule has 0 spiro atoms. The van der Waals surface area contributed by atoms with Gasteiger partial charge in [-0.05, 0) is 56.1 Å². The summed E-state index contributed by atoms with van der Waals surface area (Å²) in [5, 5.41) is 5.89. The molecule has 1 fully saturated rings. The van der Waals surface area contributed by atoms with Crippen LogP contribution in [0.1, 0.15) is 31.4 Å². The Labute approximate surface area is 164 Å². The van der Waals surface area contributed by atoms with Crippen LogP contribution in [0.15, 0.2) is 54.6 Å². The number of likely N-dealkylation sites (tertiary alicyclic amines) is 1. The molecule has 2 atom stereocenters. The Kier molecular flexibility index (Phi) is 6.76. The van der Waals surface area contributed by atoms with Crippen molar-refractivity contribution < 1.29 is 14.0 Å². The van der Waals surface area contributed by atoms with Crippen LogP contribution >= 0.6 is 0 Å². The molecule has 0 bridgehead atoms. The molecule has 0 aromatic heterocycles. The lowest BCUT2D eigenvalue weighted by Crippen LogP contribution is -2.45. The molecule has 0 aliphatic carbocycles. The van der Waals surface area contributed by atoms with Gasteiger partial charge >= 0.3 is 0 Å². The molecular weight excluding hydrogens is 357 g/mol. The van der Waals surface area contributed by atoms with Gasteiger partial charge in [-0.1, -0.05) is 30.3 Å². The van der Waals surface area contributed by atoms with E-state index in [0.717, 1.165) is 30.6 Å². The van der Waals surface area contributed by atoms with Gasteiger partial charge in [-0.15, -0.1) is 0 Å². The molecule has 0 saturated carbocycles. The van der Waals surface area contributed by atoms with Crippen molar-refractivity contribution in [3.63, 3.8) is 0 Å². The van der Waals surface area contributed by atoms with E-state index in [0.29, 0.717) is 6.54 Å². The van der Waals surface area contributed by atoms with Crippen LogP contribution < -0.4 is 10.6 Å². The summed E-state index contributed by atoms with van der Waals surface area (Å²) in [7, 11) is 0. The predicted molar refractivity (Wildman–Crippen MR) is 107 cm³/mol. The van der Waals surface area contributed by atoms with Crippen LogP contribution in [-0.4, -0.2) is 36.3 Å². The minimum absolute atomic E-state index is 0.00371. The van der Waals surface area contributed by atoms with Gasteiger partial charge in [0.25, 0.3) is 0 Å². The molecule has 28 heavy (non-hydrogen) atoms. The first-order chi connectivity index (χ1) is 13.5. The zero-order valence-electron chi connectivity index (χ0n) is 16.0. The van der Waals surface area contributed by atoms with E-state index in [9.17, 15) is 14.0 Å². The molecule has 6 heteroatoms. The fourth-order valence-electron chi connectivity index (χ4n) is 3.50. The van der Waals surface area contributed by atoms with E-state index in [1.54, 1.807) is 12.1 Å². The molecule has 2 amide bonds. The van der Waals surface area contributed by atoms with Gasteiger partial charge < -0.3 is 10.6 Å². The molecule has 3 rings (SSSR count). The zero-order valence-corrected chi connectivity index (χ0v) is 16.0. The molecular formula is C22H26FN3O2. The van der Waals surface area contributed by atoms with E-state index in [-0.39, 0.29) is 36.1 Å². The van der Waals surface area contributed by atoms with Crippen molar-refractivity contribution in [1.29, 1.82) is 0 Å². The Morgan fingerprint density at radius 1 is 1.14 bits per heavy atom. The Bertz CT molecular complexity index is 795. The third-order valence-corrected chi connectivity index (χ3v) is 5.03. The maximum atomic E-state index is 13.0. The maximum absolute atomic E-state index is 13.0. The average molecular weight is 383 g/mol. The van der Waals surface area contributed by atoms with Crippen LogP contribution in [0.25, 0.3) is 0 Å². The van der Waals surface area contributed by atoms with Crippen LogP contribution in [0, 0.1) is 11.7 Å². The summed E-state index contributed by atoms with van der Waals surface area (Å²) in [6.07, 6.45) is 1.70. The standard InChI is InChI=1S/C22H26FN3O2/c1-16(17-9-11-19(23)12-10-17)24-21(27)15-26-13-5-6-18(14-26)22(28)25-20-7-3-2-4-8-20/h2-4,7-12,16,18H,5-6,13-15H2,1H3,(H,24,27)(H,25,28)/t16-,18+/m0/s1. The number of carbonyl (C=O) groups excluding carboxylic acids is 2. The molecule has 1 saturated heterocycles. The molecule has 1 aliphatic rings. The monoisotopic (exact) mass is 383 g/mol. The largest absolute Gasteiger partial charge is 0.348 e. The van der Waals surface area contributed by atoms with Gasteiger partial charge in [0.2, 0.25) is 11.8 Å². The third-order valence-electron chi connectivity index (χ3n) is 5.03. The van der Waals surface area contributed by atoms with Gasteiger partial charge in [0.15, 0.2) is 0 Å². The molecule has 5 nitrogen and oxygen atoms in total. The fraction of sp³-hybridized carbons (Fsp3) is 0.364. The average Bonchev–Trinajstić information content (AvgIpc) is 2.69. The minimum atomic E-state index is -0.296. The van der Waals surface area contributed by atoms with Crippen molar-refractivity contribution in [2.75, 3.05) is 25.0 Å². The second-order valence-electron chi connectivity index (χ2n) is 7.27. The molecule has 148 valence electrons. The van der Waals surface area contributed by atoms with Crippen molar-refractivity contribution in [2.45, 2.75) is 25.8 Å². The predicted octanol–water partition coefficient (Wildman–Crippen LogP) is 3.35. The van der Waals surface area contributed by atoms with Gasteiger partial charge in [-0.3, -0.25) is 14.5 Å². The highest BCUT2D eigenvalue weighted by atomic mass is 19.1. The smallest absolute Gasteiger partial charge is 0.234 e.